The van der Waals surface area contributed by atoms with E-state index >= 15 is 0 Å². The molecule has 1 aromatic carbocycles. The summed E-state index contributed by atoms with van der Waals surface area (Å²) in [5.74, 6) is -0.406. The number of carbonyl (C=O) groups excluding carboxylic acids is 1. The summed E-state index contributed by atoms with van der Waals surface area (Å²) in [4.78, 5) is 14.9. The first-order valence-electron chi connectivity index (χ1n) is 10.6. The Hall–Kier alpha value is -1.68. The van der Waals surface area contributed by atoms with Gasteiger partial charge in [-0.25, -0.2) is 0 Å². The minimum atomic E-state index is -4.88. The fourth-order valence-electron chi connectivity index (χ4n) is 3.39. The molecule has 0 spiro atoms. The number of halogens is 6. The van der Waals surface area contributed by atoms with Crippen molar-refractivity contribution in [3.63, 3.8) is 0 Å². The van der Waals surface area contributed by atoms with Crippen LogP contribution < -0.4 is 4.35 Å². The molecule has 0 radical (unpaired) electrons. The van der Waals surface area contributed by atoms with Gasteiger partial charge in [-0.3, -0.25) is 0 Å². The Bertz CT molecular complexity index is 780. The summed E-state index contributed by atoms with van der Waals surface area (Å²) in [7, 11) is 0. The van der Waals surface area contributed by atoms with Gasteiger partial charge in [-0.2, -0.15) is 0 Å². The number of hydrogen-bond donors (Lipinski definition) is 0. The topological polar surface area (TPSA) is 44.1 Å². The second kappa shape index (κ2) is 12.5. The van der Waals surface area contributed by atoms with Crippen LogP contribution in [-0.4, -0.2) is 44.7 Å². The predicted molar refractivity (Wildman–Crippen MR) is 113 cm³/mol. The Morgan fingerprint density at radius 2 is 1.62 bits per heavy atom. The first-order chi connectivity index (χ1) is 14.9. The molecule has 2 unspecified atom stereocenters. The minimum absolute atomic E-state index is 0.0905. The Balaban J connectivity index is 3.49. The van der Waals surface area contributed by atoms with Crippen LogP contribution in [0.5, 0.6) is 0 Å². The number of carbonyl (C=O) groups is 1. The number of hydrogen-bond acceptors (Lipinski definition) is 2. The monoisotopic (exact) mass is 526 g/mol. The van der Waals surface area contributed by atoms with E-state index in [1.807, 2.05) is 13.8 Å². The van der Waals surface area contributed by atoms with Crippen LogP contribution in [0.1, 0.15) is 64.0 Å². The average molecular weight is 526 g/mol. The number of unbranched alkanes of at least 4 members (excludes halogenated alkanes) is 2. The zero-order valence-electron chi connectivity index (χ0n) is 18.5. The normalized spacial score (nSPS) is 14.0. The number of rotatable bonds is 11. The Morgan fingerprint density at radius 3 is 2.03 bits per heavy atom. The van der Waals surface area contributed by atoms with Crippen molar-refractivity contribution in [2.75, 3.05) is 13.1 Å². The van der Waals surface area contributed by atoms with Gasteiger partial charge in [0.1, 0.15) is 0 Å². The first kappa shape index (κ1) is 28.4. The summed E-state index contributed by atoms with van der Waals surface area (Å²) < 4.78 is 79.7. The molecule has 0 heterocycles. The van der Waals surface area contributed by atoms with E-state index in [2.05, 4.69) is 0 Å². The second-order valence-electron chi connectivity index (χ2n) is 7.54. The molecule has 0 N–H and O–H groups in total. The summed E-state index contributed by atoms with van der Waals surface area (Å²) in [6.45, 7) is 6.32. The molecular formula is C22H29AsF6N2O. The number of amides is 1. The molecule has 2 atom stereocenters. The molecule has 0 fully saturated rings. The third kappa shape index (κ3) is 8.35. The standard InChI is InChI=1S/C22H29AsF6N2O/c1-4-7-11-31(12-8-5-2)20(32)19(6-3)23(15-21(24,25)26)17-10-9-16(14-30)18(13-17)22(27,28)29/h9-10,13,19H,4-8,11-12,15H2,1-3H3. The SMILES string of the molecule is CCCCN(CCCC)C(=O)C(CC)[As](CC(F)(F)F)c1ccc(C#N)c(C(F)(F)F)c1. The number of nitrogens with zero attached hydrogens (tertiary/aromatic N) is 2. The van der Waals surface area contributed by atoms with Crippen LogP contribution in [0.15, 0.2) is 18.2 Å². The Labute approximate surface area is 190 Å². The van der Waals surface area contributed by atoms with Gasteiger partial charge >= 0.3 is 190 Å². The van der Waals surface area contributed by atoms with Crippen molar-refractivity contribution in [3.8, 4) is 6.07 Å². The fraction of sp³-hybridized carbons (Fsp3) is 0.636. The van der Waals surface area contributed by atoms with Crippen LogP contribution in [0, 0.1) is 11.3 Å². The van der Waals surface area contributed by atoms with Gasteiger partial charge in [0.25, 0.3) is 0 Å². The third-order valence-electron chi connectivity index (χ3n) is 5.03. The van der Waals surface area contributed by atoms with Crippen LogP contribution in [0.3, 0.4) is 0 Å². The molecule has 0 saturated heterocycles. The van der Waals surface area contributed by atoms with Gasteiger partial charge in [-0.15, -0.1) is 0 Å². The summed E-state index contributed by atoms with van der Waals surface area (Å²) in [6.07, 6.45) is -6.36. The van der Waals surface area contributed by atoms with Gasteiger partial charge in [0, 0.05) is 0 Å². The molecule has 0 aliphatic heterocycles. The van der Waals surface area contributed by atoms with Crippen molar-refractivity contribution in [2.24, 2.45) is 0 Å². The number of alkyl halides is 6. The fourth-order valence-corrected chi connectivity index (χ4v) is 8.80. The molecule has 0 aliphatic carbocycles. The molecule has 0 aliphatic rings. The molecule has 180 valence electrons. The molecule has 1 aromatic rings. The molecule has 0 saturated carbocycles. The van der Waals surface area contributed by atoms with E-state index in [9.17, 15) is 31.1 Å². The van der Waals surface area contributed by atoms with E-state index in [-0.39, 0.29) is 10.8 Å². The quantitative estimate of drug-likeness (QED) is 0.260. The number of nitriles is 1. The second-order valence-corrected chi connectivity index (χ2v) is 12.6. The first-order valence-corrected chi connectivity index (χ1v) is 14.0. The average Bonchev–Trinajstić information content (AvgIpc) is 2.71. The van der Waals surface area contributed by atoms with E-state index in [1.54, 1.807) is 11.8 Å². The van der Waals surface area contributed by atoms with Crippen molar-refractivity contribution in [1.82, 2.24) is 4.90 Å². The molecule has 3 nitrogen and oxygen atoms in total. The molecule has 10 heteroatoms. The van der Waals surface area contributed by atoms with Crippen molar-refractivity contribution in [1.29, 1.82) is 5.26 Å². The van der Waals surface area contributed by atoms with Crippen molar-refractivity contribution < 1.29 is 31.1 Å². The zero-order chi connectivity index (χ0) is 24.5. The molecule has 0 aromatic heterocycles. The van der Waals surface area contributed by atoms with Crippen LogP contribution >= 0.6 is 0 Å². The van der Waals surface area contributed by atoms with Crippen LogP contribution in [-0.2, 0) is 11.0 Å². The van der Waals surface area contributed by atoms with E-state index < -0.39 is 54.0 Å². The van der Waals surface area contributed by atoms with Crippen molar-refractivity contribution >= 4 is 24.9 Å². The molecule has 1 rings (SSSR count). The molecule has 32 heavy (non-hydrogen) atoms. The summed E-state index contributed by atoms with van der Waals surface area (Å²) in [6, 6.07) is 4.18. The van der Waals surface area contributed by atoms with E-state index in [1.165, 1.54) is 6.07 Å². The maximum atomic E-state index is 13.5. The predicted octanol–water partition coefficient (Wildman–Crippen LogP) is 6.05. The van der Waals surface area contributed by atoms with E-state index in [0.29, 0.717) is 32.0 Å². The van der Waals surface area contributed by atoms with E-state index in [4.69, 9.17) is 5.26 Å². The van der Waals surface area contributed by atoms with Gasteiger partial charge in [0.05, 0.1) is 0 Å². The van der Waals surface area contributed by atoms with Crippen LogP contribution in [0.4, 0.5) is 26.3 Å². The molecule has 0 bridgehead atoms. The maximum absolute atomic E-state index is 13.5. The van der Waals surface area contributed by atoms with Crippen LogP contribution in [0.25, 0.3) is 0 Å². The Kier molecular flexibility index (Phi) is 11.1. The summed E-state index contributed by atoms with van der Waals surface area (Å²) in [5.41, 5.74) is -1.90. The third-order valence-corrected chi connectivity index (χ3v) is 11.3. The van der Waals surface area contributed by atoms with Gasteiger partial charge in [-0.05, 0) is 0 Å². The van der Waals surface area contributed by atoms with Gasteiger partial charge < -0.3 is 0 Å². The van der Waals surface area contributed by atoms with Crippen molar-refractivity contribution in [3.05, 3.63) is 29.3 Å². The van der Waals surface area contributed by atoms with E-state index in [0.717, 1.165) is 25.0 Å². The molecular weight excluding hydrogens is 497 g/mol. The van der Waals surface area contributed by atoms with Gasteiger partial charge in [0.2, 0.25) is 0 Å². The van der Waals surface area contributed by atoms with Gasteiger partial charge in [-0.1, -0.05) is 0 Å². The zero-order valence-corrected chi connectivity index (χ0v) is 20.4. The van der Waals surface area contributed by atoms with Gasteiger partial charge in [0.15, 0.2) is 0 Å². The summed E-state index contributed by atoms with van der Waals surface area (Å²) >= 11 is -3.36. The Morgan fingerprint density at radius 1 is 1.06 bits per heavy atom. The van der Waals surface area contributed by atoms with Crippen molar-refractivity contribution in [2.45, 2.75) is 75.1 Å². The number of benzene rings is 1. The summed E-state index contributed by atoms with van der Waals surface area (Å²) in [5, 5.41) is 7.73. The van der Waals surface area contributed by atoms with Crippen LogP contribution in [0.2, 0.25) is 9.91 Å². The molecule has 1 amide bonds.